The van der Waals surface area contributed by atoms with E-state index in [9.17, 15) is 17.1 Å². The predicted molar refractivity (Wildman–Crippen MR) is 72.5 cm³/mol. The van der Waals surface area contributed by atoms with Crippen LogP contribution in [0.3, 0.4) is 0 Å². The molecule has 1 saturated heterocycles. The second kappa shape index (κ2) is 4.72. The van der Waals surface area contributed by atoms with Crippen molar-refractivity contribution in [3.8, 4) is 0 Å². The molecule has 1 fully saturated rings. The number of halogens is 2. The first-order chi connectivity index (χ1) is 8.29. The highest BCUT2D eigenvalue weighted by Crippen LogP contribution is 2.27. The number of aryl methyl sites for hydroxylation is 1. The number of carbonyl (C=O) groups excluding carboxylic acids is 1. The van der Waals surface area contributed by atoms with Crippen molar-refractivity contribution in [1.29, 1.82) is 0 Å². The van der Waals surface area contributed by atoms with Crippen molar-refractivity contribution in [1.82, 2.24) is 4.98 Å². The summed E-state index contributed by atoms with van der Waals surface area (Å²) in [7, 11) is -4.69. The van der Waals surface area contributed by atoms with Crippen LogP contribution >= 0.6 is 22.6 Å². The van der Waals surface area contributed by atoms with E-state index in [1.54, 1.807) is 13.1 Å². The number of amides is 1. The zero-order valence-electron chi connectivity index (χ0n) is 9.43. The van der Waals surface area contributed by atoms with Crippen LogP contribution in [-0.2, 0) is 15.0 Å². The lowest BCUT2D eigenvalue weighted by Gasteiger charge is -2.17. The van der Waals surface area contributed by atoms with E-state index in [-0.39, 0.29) is 13.0 Å². The van der Waals surface area contributed by atoms with Gasteiger partial charge in [0.05, 0.1) is 0 Å². The van der Waals surface area contributed by atoms with Crippen molar-refractivity contribution < 1.29 is 17.1 Å². The largest absolute Gasteiger partial charge is 0.307 e. The van der Waals surface area contributed by atoms with E-state index >= 15 is 0 Å². The van der Waals surface area contributed by atoms with Gasteiger partial charge in [-0.05, 0) is 41.1 Å². The van der Waals surface area contributed by atoms with Crippen LogP contribution in [0.25, 0.3) is 0 Å². The van der Waals surface area contributed by atoms with E-state index < -0.39 is 21.4 Å². The van der Waals surface area contributed by atoms with Crippen LogP contribution in [0.15, 0.2) is 12.3 Å². The minimum Gasteiger partial charge on any atom is -0.295 e. The monoisotopic (exact) mass is 384 g/mol. The quantitative estimate of drug-likeness (QED) is 0.571. The maximum absolute atomic E-state index is 12.9. The van der Waals surface area contributed by atoms with Crippen molar-refractivity contribution in [2.24, 2.45) is 0 Å². The molecule has 1 amide bonds. The van der Waals surface area contributed by atoms with Crippen LogP contribution in [0.2, 0.25) is 0 Å². The Morgan fingerprint density at radius 1 is 1.56 bits per heavy atom. The zero-order chi connectivity index (χ0) is 13.5. The smallest absolute Gasteiger partial charge is 0.295 e. The van der Waals surface area contributed by atoms with Crippen molar-refractivity contribution in [3.63, 3.8) is 0 Å². The van der Waals surface area contributed by atoms with Gasteiger partial charge in [-0.3, -0.25) is 9.69 Å². The number of aromatic nitrogens is 1. The van der Waals surface area contributed by atoms with Gasteiger partial charge < -0.3 is 0 Å². The van der Waals surface area contributed by atoms with Crippen LogP contribution < -0.4 is 4.90 Å². The van der Waals surface area contributed by atoms with E-state index in [2.05, 4.69) is 27.6 Å². The van der Waals surface area contributed by atoms with Crippen molar-refractivity contribution in [2.45, 2.75) is 18.6 Å². The van der Waals surface area contributed by atoms with E-state index in [0.717, 1.165) is 9.13 Å². The summed E-state index contributed by atoms with van der Waals surface area (Å²) in [6, 6.07) is 1.83. The molecule has 2 heterocycles. The molecule has 1 aliphatic heterocycles. The average Bonchev–Trinajstić information content (AvgIpc) is 2.60. The Labute approximate surface area is 118 Å². The highest BCUT2D eigenvalue weighted by atomic mass is 127. The van der Waals surface area contributed by atoms with Gasteiger partial charge in [-0.1, -0.05) is 0 Å². The number of carbonyl (C=O) groups is 1. The van der Waals surface area contributed by atoms with Crippen LogP contribution in [0.5, 0.6) is 0 Å². The summed E-state index contributed by atoms with van der Waals surface area (Å²) in [5.74, 6) is -0.0235. The van der Waals surface area contributed by atoms with E-state index in [1.807, 2.05) is 6.07 Å². The minimum absolute atomic E-state index is 0.175. The fourth-order valence-corrected chi connectivity index (χ4v) is 3.16. The molecule has 2 rings (SSSR count). The number of hydrogen-bond donors (Lipinski definition) is 0. The van der Waals surface area contributed by atoms with Gasteiger partial charge in [0.1, 0.15) is 11.1 Å². The first-order valence-corrected chi connectivity index (χ1v) is 7.67. The predicted octanol–water partition coefficient (Wildman–Crippen LogP) is 1.40. The second-order valence-corrected chi connectivity index (χ2v) is 6.96. The summed E-state index contributed by atoms with van der Waals surface area (Å²) in [6.07, 6.45) is 1.25. The highest BCUT2D eigenvalue weighted by Gasteiger charge is 2.39. The molecule has 98 valence electrons. The lowest BCUT2D eigenvalue weighted by molar-refractivity contribution is -0.117. The maximum Gasteiger partial charge on any atom is 0.307 e. The molecular weight excluding hydrogens is 374 g/mol. The third-order valence-electron chi connectivity index (χ3n) is 2.76. The molecule has 1 unspecified atom stereocenters. The van der Waals surface area contributed by atoms with Crippen molar-refractivity contribution in [3.05, 3.63) is 21.4 Å². The Kier molecular flexibility index (Phi) is 3.58. The van der Waals surface area contributed by atoms with Crippen LogP contribution in [-0.4, -0.2) is 31.1 Å². The van der Waals surface area contributed by atoms with Gasteiger partial charge in [0, 0.05) is 22.7 Å². The lowest BCUT2D eigenvalue weighted by Crippen LogP contribution is -2.28. The van der Waals surface area contributed by atoms with Gasteiger partial charge >= 0.3 is 10.2 Å². The SMILES string of the molecule is Cc1cc(I)cnc1N1CC(S(=O)(=O)F)CC1=O. The molecule has 0 spiro atoms. The zero-order valence-corrected chi connectivity index (χ0v) is 12.4. The molecule has 18 heavy (non-hydrogen) atoms. The summed E-state index contributed by atoms with van der Waals surface area (Å²) in [5, 5.41) is -1.29. The van der Waals surface area contributed by atoms with Crippen LogP contribution in [0, 0.1) is 10.5 Å². The first-order valence-electron chi connectivity index (χ1n) is 5.15. The Morgan fingerprint density at radius 2 is 2.22 bits per heavy atom. The summed E-state index contributed by atoms with van der Waals surface area (Å²) < 4.78 is 35.5. The van der Waals surface area contributed by atoms with Crippen LogP contribution in [0.1, 0.15) is 12.0 Å². The molecule has 1 atom stereocenters. The Bertz CT molecular complexity index is 605. The molecule has 1 aliphatic rings. The molecule has 1 aromatic heterocycles. The topological polar surface area (TPSA) is 67.3 Å². The number of hydrogen-bond acceptors (Lipinski definition) is 4. The molecule has 0 saturated carbocycles. The molecule has 8 heteroatoms. The fraction of sp³-hybridized carbons (Fsp3) is 0.400. The maximum atomic E-state index is 12.9. The first kappa shape index (κ1) is 13.7. The lowest BCUT2D eigenvalue weighted by atomic mass is 10.3. The van der Waals surface area contributed by atoms with Crippen molar-refractivity contribution in [2.75, 3.05) is 11.4 Å². The average molecular weight is 384 g/mol. The van der Waals surface area contributed by atoms with Gasteiger partial charge in [0.2, 0.25) is 5.91 Å². The fourth-order valence-electron chi connectivity index (χ4n) is 1.88. The summed E-state index contributed by atoms with van der Waals surface area (Å²) in [6.45, 7) is 1.60. The van der Waals surface area contributed by atoms with Crippen LogP contribution in [0.4, 0.5) is 9.70 Å². The Morgan fingerprint density at radius 3 is 2.72 bits per heavy atom. The standard InChI is InChI=1S/C10H10FIN2O3S/c1-6-2-7(12)4-13-10(6)14-5-8(3-9(14)15)18(11,16)17/h2,4,8H,3,5H2,1H3. The molecular formula is C10H10FIN2O3S. The number of nitrogens with zero attached hydrogens (tertiary/aromatic N) is 2. The van der Waals surface area contributed by atoms with Gasteiger partial charge in [-0.2, -0.15) is 8.42 Å². The molecule has 0 aliphatic carbocycles. The Hall–Kier alpha value is -0.770. The Balaban J connectivity index is 2.33. The molecule has 1 aromatic rings. The van der Waals surface area contributed by atoms with E-state index in [4.69, 9.17) is 0 Å². The van der Waals surface area contributed by atoms with Gasteiger partial charge in [-0.15, -0.1) is 3.89 Å². The number of pyridine rings is 1. The summed E-state index contributed by atoms with van der Waals surface area (Å²) >= 11 is 2.09. The second-order valence-electron chi connectivity index (χ2n) is 4.10. The molecule has 0 aromatic carbocycles. The molecule has 0 N–H and O–H groups in total. The van der Waals surface area contributed by atoms with E-state index in [0.29, 0.717) is 5.82 Å². The van der Waals surface area contributed by atoms with Gasteiger partial charge in [0.25, 0.3) is 0 Å². The van der Waals surface area contributed by atoms with Gasteiger partial charge in [0.15, 0.2) is 0 Å². The highest BCUT2D eigenvalue weighted by molar-refractivity contribution is 14.1. The molecule has 5 nitrogen and oxygen atoms in total. The number of rotatable bonds is 2. The summed E-state index contributed by atoms with van der Waals surface area (Å²) in [4.78, 5) is 17.1. The van der Waals surface area contributed by atoms with E-state index in [1.165, 1.54) is 4.90 Å². The number of anilines is 1. The third kappa shape index (κ3) is 2.63. The normalized spacial score (nSPS) is 20.5. The molecule has 0 radical (unpaired) electrons. The summed E-state index contributed by atoms with van der Waals surface area (Å²) in [5.41, 5.74) is 0.757. The molecule has 0 bridgehead atoms. The third-order valence-corrected chi connectivity index (χ3v) is 4.46. The van der Waals surface area contributed by atoms with Gasteiger partial charge in [-0.25, -0.2) is 4.98 Å². The minimum atomic E-state index is -4.69. The van der Waals surface area contributed by atoms with Crippen molar-refractivity contribution >= 4 is 44.5 Å².